The van der Waals surface area contributed by atoms with Crippen LogP contribution in [0.2, 0.25) is 0 Å². The average molecular weight is 359 g/mol. The number of likely N-dealkylation sites (tertiary alicyclic amines) is 1. The number of nitrogens with zero attached hydrogens (tertiary/aromatic N) is 3. The first-order chi connectivity index (χ1) is 12.2. The summed E-state index contributed by atoms with van der Waals surface area (Å²) in [5.41, 5.74) is 0.868. The lowest BCUT2D eigenvalue weighted by Gasteiger charge is -2.31. The highest BCUT2D eigenvalue weighted by Gasteiger charge is 2.29. The molecule has 0 saturated carbocycles. The second kappa shape index (κ2) is 8.29. The maximum absolute atomic E-state index is 12.5. The minimum Gasteiger partial charge on any atom is -0.466 e. The molecule has 0 aliphatic carbocycles. The summed E-state index contributed by atoms with van der Waals surface area (Å²) in [5.74, 6) is -0.0741. The molecule has 3 rings (SSSR count). The normalized spacial score (nSPS) is 17.5. The summed E-state index contributed by atoms with van der Waals surface area (Å²) in [4.78, 5) is 34.8. The first kappa shape index (κ1) is 17.7. The SMILES string of the molecule is CCOC(=O)[C@@H]1CCCN(C(=O)CSc2ncnc3ccccc23)C1. The number of carbonyl (C=O) groups is 2. The Hall–Kier alpha value is -2.15. The summed E-state index contributed by atoms with van der Waals surface area (Å²) in [6.45, 7) is 3.31. The second-order valence-electron chi connectivity index (χ2n) is 5.92. The van der Waals surface area contributed by atoms with Gasteiger partial charge in [-0.3, -0.25) is 9.59 Å². The number of carbonyl (C=O) groups excluding carboxylic acids is 2. The average Bonchev–Trinajstić information content (AvgIpc) is 2.66. The molecule has 1 aromatic carbocycles. The van der Waals surface area contributed by atoms with Crippen molar-refractivity contribution in [3.63, 3.8) is 0 Å². The molecular formula is C18H21N3O3S. The van der Waals surface area contributed by atoms with Gasteiger partial charge in [0, 0.05) is 18.5 Å². The van der Waals surface area contributed by atoms with Crippen LogP contribution in [0.15, 0.2) is 35.6 Å². The van der Waals surface area contributed by atoms with E-state index in [0.717, 1.165) is 28.8 Å². The van der Waals surface area contributed by atoms with Crippen LogP contribution in [0.25, 0.3) is 10.9 Å². The van der Waals surface area contributed by atoms with E-state index in [0.29, 0.717) is 25.4 Å². The smallest absolute Gasteiger partial charge is 0.310 e. The predicted molar refractivity (Wildman–Crippen MR) is 96.2 cm³/mol. The second-order valence-corrected chi connectivity index (χ2v) is 6.88. The summed E-state index contributed by atoms with van der Waals surface area (Å²) in [7, 11) is 0. The summed E-state index contributed by atoms with van der Waals surface area (Å²) < 4.78 is 5.09. The van der Waals surface area contributed by atoms with Gasteiger partial charge in [-0.05, 0) is 25.8 Å². The van der Waals surface area contributed by atoms with Crippen molar-refractivity contribution in [2.24, 2.45) is 5.92 Å². The van der Waals surface area contributed by atoms with Gasteiger partial charge in [-0.2, -0.15) is 0 Å². The minimum absolute atomic E-state index is 0.0293. The number of fused-ring (bicyclic) bond motifs is 1. The number of thioether (sulfide) groups is 1. The molecule has 0 radical (unpaired) electrons. The Morgan fingerprint density at radius 1 is 1.32 bits per heavy atom. The number of ether oxygens (including phenoxy) is 1. The van der Waals surface area contributed by atoms with Crippen LogP contribution in [0, 0.1) is 5.92 Å². The van der Waals surface area contributed by atoms with Gasteiger partial charge in [0.25, 0.3) is 0 Å². The van der Waals surface area contributed by atoms with Crippen molar-refractivity contribution in [3.05, 3.63) is 30.6 Å². The monoisotopic (exact) mass is 359 g/mol. The van der Waals surface area contributed by atoms with E-state index in [-0.39, 0.29) is 17.8 Å². The molecule has 1 amide bonds. The van der Waals surface area contributed by atoms with Crippen LogP contribution in [0.1, 0.15) is 19.8 Å². The van der Waals surface area contributed by atoms with Gasteiger partial charge in [0.05, 0.1) is 23.8 Å². The molecule has 1 atom stereocenters. The Kier molecular flexibility index (Phi) is 5.86. The fourth-order valence-corrected chi connectivity index (χ4v) is 3.87. The number of hydrogen-bond donors (Lipinski definition) is 0. The van der Waals surface area contributed by atoms with Crippen LogP contribution in [-0.2, 0) is 14.3 Å². The third-order valence-electron chi connectivity index (χ3n) is 4.23. The molecule has 2 heterocycles. The Morgan fingerprint density at radius 2 is 2.16 bits per heavy atom. The lowest BCUT2D eigenvalue weighted by molar-refractivity contribution is -0.151. The van der Waals surface area contributed by atoms with Gasteiger partial charge in [0.2, 0.25) is 5.91 Å². The number of amides is 1. The fourth-order valence-electron chi connectivity index (χ4n) is 2.97. The fraction of sp³-hybridized carbons (Fsp3) is 0.444. The number of esters is 1. The van der Waals surface area contributed by atoms with E-state index in [1.165, 1.54) is 18.1 Å². The zero-order valence-electron chi connectivity index (χ0n) is 14.2. The van der Waals surface area contributed by atoms with E-state index < -0.39 is 0 Å². The third kappa shape index (κ3) is 4.28. The van der Waals surface area contributed by atoms with Crippen LogP contribution in [0.5, 0.6) is 0 Å². The first-order valence-electron chi connectivity index (χ1n) is 8.46. The van der Waals surface area contributed by atoms with E-state index >= 15 is 0 Å². The van der Waals surface area contributed by atoms with Crippen molar-refractivity contribution in [2.75, 3.05) is 25.4 Å². The quantitative estimate of drug-likeness (QED) is 0.464. The summed E-state index contributed by atoms with van der Waals surface area (Å²) >= 11 is 1.41. The van der Waals surface area contributed by atoms with Gasteiger partial charge in [-0.1, -0.05) is 30.0 Å². The van der Waals surface area contributed by atoms with Gasteiger partial charge in [-0.25, -0.2) is 9.97 Å². The summed E-state index contributed by atoms with van der Waals surface area (Å²) in [5, 5.41) is 1.75. The Balaban J connectivity index is 1.61. The van der Waals surface area contributed by atoms with Crippen LogP contribution in [0.3, 0.4) is 0 Å². The third-order valence-corrected chi connectivity index (χ3v) is 5.22. The molecule has 25 heavy (non-hydrogen) atoms. The van der Waals surface area contributed by atoms with Crippen molar-refractivity contribution in [3.8, 4) is 0 Å². The molecule has 132 valence electrons. The molecule has 1 saturated heterocycles. The van der Waals surface area contributed by atoms with E-state index in [1.807, 2.05) is 24.3 Å². The van der Waals surface area contributed by atoms with Crippen LogP contribution in [0.4, 0.5) is 0 Å². The number of benzene rings is 1. The molecule has 0 bridgehead atoms. The Bertz CT molecular complexity index is 763. The molecular weight excluding hydrogens is 338 g/mol. The molecule has 0 spiro atoms. The highest BCUT2D eigenvalue weighted by atomic mass is 32.2. The molecule has 1 aliphatic heterocycles. The van der Waals surface area contributed by atoms with Crippen LogP contribution < -0.4 is 0 Å². The number of para-hydroxylation sites is 1. The van der Waals surface area contributed by atoms with E-state index in [9.17, 15) is 9.59 Å². The standard InChI is InChI=1S/C18H21N3O3S/c1-2-24-18(23)13-6-5-9-21(10-13)16(22)11-25-17-14-7-3-4-8-15(14)19-12-20-17/h3-4,7-8,12-13H,2,5-6,9-11H2,1H3/t13-/m1/s1. The van der Waals surface area contributed by atoms with Crippen LogP contribution >= 0.6 is 11.8 Å². The highest BCUT2D eigenvalue weighted by molar-refractivity contribution is 8.00. The van der Waals surface area contributed by atoms with Gasteiger partial charge in [-0.15, -0.1) is 0 Å². The zero-order valence-corrected chi connectivity index (χ0v) is 15.0. The molecule has 2 aromatic rings. The van der Waals surface area contributed by atoms with E-state index in [1.54, 1.807) is 11.8 Å². The number of aromatic nitrogens is 2. The highest BCUT2D eigenvalue weighted by Crippen LogP contribution is 2.25. The summed E-state index contributed by atoms with van der Waals surface area (Å²) in [6.07, 6.45) is 3.13. The van der Waals surface area contributed by atoms with Crippen molar-refractivity contribution in [1.29, 1.82) is 0 Å². The van der Waals surface area contributed by atoms with E-state index in [2.05, 4.69) is 9.97 Å². The largest absolute Gasteiger partial charge is 0.466 e. The molecule has 6 nitrogen and oxygen atoms in total. The van der Waals surface area contributed by atoms with E-state index in [4.69, 9.17) is 4.74 Å². The van der Waals surface area contributed by atoms with Crippen molar-refractivity contribution < 1.29 is 14.3 Å². The molecule has 1 fully saturated rings. The molecule has 1 aromatic heterocycles. The van der Waals surface area contributed by atoms with Crippen molar-refractivity contribution in [1.82, 2.24) is 14.9 Å². The zero-order chi connectivity index (χ0) is 17.6. The number of rotatable bonds is 5. The Morgan fingerprint density at radius 3 is 3.00 bits per heavy atom. The van der Waals surface area contributed by atoms with Gasteiger partial charge in [0.15, 0.2) is 0 Å². The number of piperidine rings is 1. The lowest BCUT2D eigenvalue weighted by Crippen LogP contribution is -2.43. The van der Waals surface area contributed by atoms with Gasteiger partial charge < -0.3 is 9.64 Å². The molecule has 0 N–H and O–H groups in total. The summed E-state index contributed by atoms with van der Waals surface area (Å²) in [6, 6.07) is 7.75. The van der Waals surface area contributed by atoms with Crippen molar-refractivity contribution >= 4 is 34.5 Å². The topological polar surface area (TPSA) is 72.4 Å². The Labute approximate surface area is 151 Å². The van der Waals surface area contributed by atoms with Crippen molar-refractivity contribution in [2.45, 2.75) is 24.8 Å². The van der Waals surface area contributed by atoms with Gasteiger partial charge >= 0.3 is 5.97 Å². The molecule has 7 heteroatoms. The van der Waals surface area contributed by atoms with Gasteiger partial charge in [0.1, 0.15) is 11.4 Å². The lowest BCUT2D eigenvalue weighted by atomic mass is 9.98. The van der Waals surface area contributed by atoms with Crippen LogP contribution in [-0.4, -0.2) is 52.2 Å². The predicted octanol–water partition coefficient (Wildman–Crippen LogP) is 2.52. The maximum Gasteiger partial charge on any atom is 0.310 e. The number of hydrogen-bond acceptors (Lipinski definition) is 6. The minimum atomic E-state index is -0.206. The first-order valence-corrected chi connectivity index (χ1v) is 9.44. The maximum atomic E-state index is 12.5. The molecule has 1 aliphatic rings. The molecule has 0 unspecified atom stereocenters.